The van der Waals surface area contributed by atoms with Gasteiger partial charge in [-0.25, -0.2) is 9.78 Å². The van der Waals surface area contributed by atoms with E-state index in [0.29, 0.717) is 29.1 Å². The number of carbonyl (C=O) groups excluding carboxylic acids is 2. The lowest BCUT2D eigenvalue weighted by Crippen LogP contribution is -2.26. The molecule has 0 spiro atoms. The predicted octanol–water partition coefficient (Wildman–Crippen LogP) is 5.17. The number of anilines is 1. The fourth-order valence-electron chi connectivity index (χ4n) is 3.30. The van der Waals surface area contributed by atoms with E-state index in [9.17, 15) is 9.59 Å². The lowest BCUT2D eigenvalue weighted by molar-refractivity contribution is -0.125. The number of fused-ring (bicyclic) bond motifs is 1. The molecule has 1 N–H and O–H groups in total. The molecule has 0 fully saturated rings. The summed E-state index contributed by atoms with van der Waals surface area (Å²) in [6.07, 6.45) is -1.16. The number of ether oxygens (including phenoxy) is 2. The predicted molar refractivity (Wildman–Crippen MR) is 123 cm³/mol. The number of amides is 1. The van der Waals surface area contributed by atoms with Crippen LogP contribution in [0.1, 0.15) is 29.1 Å². The minimum absolute atomic E-state index is 0.132. The third-order valence-electron chi connectivity index (χ3n) is 4.82. The maximum atomic E-state index is 13.2. The summed E-state index contributed by atoms with van der Waals surface area (Å²) >= 11 is 0. The van der Waals surface area contributed by atoms with E-state index in [0.717, 1.165) is 5.39 Å². The molecule has 0 aliphatic heterocycles. The molecule has 32 heavy (non-hydrogen) atoms. The van der Waals surface area contributed by atoms with Crippen LogP contribution < -0.4 is 10.1 Å². The van der Waals surface area contributed by atoms with Crippen molar-refractivity contribution in [2.45, 2.75) is 13.0 Å². The summed E-state index contributed by atoms with van der Waals surface area (Å²) in [7, 11) is 0. The molecule has 0 saturated carbocycles. The molecule has 1 heterocycles. The van der Waals surface area contributed by atoms with E-state index in [1.165, 1.54) is 0 Å². The van der Waals surface area contributed by atoms with Crippen LogP contribution >= 0.6 is 0 Å². The second-order valence-electron chi connectivity index (χ2n) is 7.00. The number of hydrogen-bond donors (Lipinski definition) is 1. The van der Waals surface area contributed by atoms with E-state index in [1.54, 1.807) is 54.6 Å². The normalized spacial score (nSPS) is 11.5. The van der Waals surface area contributed by atoms with Crippen LogP contribution in [0.2, 0.25) is 0 Å². The third kappa shape index (κ3) is 4.75. The molecule has 1 atom stereocenters. The Kier molecular flexibility index (Phi) is 6.41. The fraction of sp³-hybridized carbons (Fsp3) is 0.115. The summed E-state index contributed by atoms with van der Waals surface area (Å²) in [6, 6.07) is 26.8. The molecule has 0 bridgehead atoms. The average Bonchev–Trinajstić information content (AvgIpc) is 2.84. The van der Waals surface area contributed by atoms with Crippen molar-refractivity contribution < 1.29 is 19.1 Å². The van der Waals surface area contributed by atoms with Crippen molar-refractivity contribution in [3.05, 3.63) is 102 Å². The number of para-hydroxylation sites is 3. The van der Waals surface area contributed by atoms with Crippen LogP contribution in [0.25, 0.3) is 10.9 Å². The Labute approximate surface area is 185 Å². The number of hydrogen-bond acceptors (Lipinski definition) is 5. The molecular formula is C26H22N2O4. The first-order valence-corrected chi connectivity index (χ1v) is 10.3. The third-order valence-corrected chi connectivity index (χ3v) is 4.82. The topological polar surface area (TPSA) is 77.5 Å². The highest BCUT2D eigenvalue weighted by Crippen LogP contribution is 2.27. The maximum absolute atomic E-state index is 13.2. The van der Waals surface area contributed by atoms with Gasteiger partial charge in [-0.1, -0.05) is 66.7 Å². The van der Waals surface area contributed by atoms with E-state index in [-0.39, 0.29) is 5.69 Å². The summed E-state index contributed by atoms with van der Waals surface area (Å²) in [4.78, 5) is 30.5. The lowest BCUT2D eigenvalue weighted by atomic mass is 10.1. The number of aromatic nitrogens is 1. The molecule has 6 nitrogen and oxygen atoms in total. The van der Waals surface area contributed by atoms with Gasteiger partial charge in [0, 0.05) is 10.9 Å². The van der Waals surface area contributed by atoms with Gasteiger partial charge in [-0.2, -0.15) is 0 Å². The van der Waals surface area contributed by atoms with Crippen LogP contribution in [0, 0.1) is 0 Å². The van der Waals surface area contributed by atoms with Crippen LogP contribution in [0.15, 0.2) is 91.0 Å². The van der Waals surface area contributed by atoms with E-state index >= 15 is 0 Å². The van der Waals surface area contributed by atoms with Crippen molar-refractivity contribution >= 4 is 28.5 Å². The van der Waals surface area contributed by atoms with Gasteiger partial charge in [-0.05, 0) is 31.2 Å². The van der Waals surface area contributed by atoms with Gasteiger partial charge in [0.05, 0.1) is 17.8 Å². The maximum Gasteiger partial charge on any atom is 0.358 e. The zero-order valence-corrected chi connectivity index (χ0v) is 17.5. The smallest absolute Gasteiger partial charge is 0.358 e. The molecular weight excluding hydrogens is 404 g/mol. The van der Waals surface area contributed by atoms with Gasteiger partial charge in [0.1, 0.15) is 11.4 Å². The minimum atomic E-state index is -1.16. The van der Waals surface area contributed by atoms with Crippen LogP contribution in [0.4, 0.5) is 5.69 Å². The SMILES string of the molecule is CCOc1ccccc1NC(=O)[C@@H](OC(=O)c1ccc2ccccc2n1)c1ccccc1. The Balaban J connectivity index is 1.61. The highest BCUT2D eigenvalue weighted by atomic mass is 16.5. The van der Waals surface area contributed by atoms with Crippen molar-refractivity contribution in [2.24, 2.45) is 0 Å². The quantitative estimate of drug-likeness (QED) is 0.413. The van der Waals surface area contributed by atoms with E-state index in [4.69, 9.17) is 9.47 Å². The first-order valence-electron chi connectivity index (χ1n) is 10.3. The first-order chi connectivity index (χ1) is 15.7. The average molecular weight is 426 g/mol. The highest BCUT2D eigenvalue weighted by molar-refractivity contribution is 5.99. The molecule has 1 amide bonds. The van der Waals surface area contributed by atoms with Crippen molar-refractivity contribution in [1.82, 2.24) is 4.98 Å². The first kappa shape index (κ1) is 21.1. The highest BCUT2D eigenvalue weighted by Gasteiger charge is 2.27. The molecule has 0 unspecified atom stereocenters. The molecule has 3 aromatic carbocycles. The number of esters is 1. The number of rotatable bonds is 7. The summed E-state index contributed by atoms with van der Waals surface area (Å²) in [5.74, 6) is -0.631. The standard InChI is InChI=1S/C26H22N2O4/c1-2-31-23-15-9-8-14-21(23)28-25(29)24(19-11-4-3-5-12-19)32-26(30)22-17-16-18-10-6-7-13-20(18)27-22/h3-17,24H,2H2,1H3,(H,28,29)/t24-/m0/s1. The molecule has 4 aromatic rings. The Morgan fingerprint density at radius 2 is 1.59 bits per heavy atom. The zero-order valence-electron chi connectivity index (χ0n) is 17.5. The van der Waals surface area contributed by atoms with Gasteiger partial charge >= 0.3 is 5.97 Å². The minimum Gasteiger partial charge on any atom is -0.492 e. The van der Waals surface area contributed by atoms with Crippen LogP contribution in [-0.4, -0.2) is 23.5 Å². The Hall–Kier alpha value is -4.19. The van der Waals surface area contributed by atoms with Gasteiger partial charge < -0.3 is 14.8 Å². The Morgan fingerprint density at radius 1 is 0.875 bits per heavy atom. The van der Waals surface area contributed by atoms with E-state index in [2.05, 4.69) is 10.3 Å². The fourth-order valence-corrected chi connectivity index (χ4v) is 3.30. The van der Waals surface area contributed by atoms with Crippen molar-refractivity contribution in [2.75, 3.05) is 11.9 Å². The molecule has 160 valence electrons. The van der Waals surface area contributed by atoms with Gasteiger partial charge in [-0.3, -0.25) is 4.79 Å². The van der Waals surface area contributed by atoms with Crippen molar-refractivity contribution in [3.8, 4) is 5.75 Å². The number of benzene rings is 3. The molecule has 1 aromatic heterocycles. The molecule has 4 rings (SSSR count). The van der Waals surface area contributed by atoms with Crippen LogP contribution in [0.3, 0.4) is 0 Å². The monoisotopic (exact) mass is 426 g/mol. The number of nitrogens with one attached hydrogen (secondary N) is 1. The second-order valence-corrected chi connectivity index (χ2v) is 7.00. The van der Waals surface area contributed by atoms with E-state index < -0.39 is 18.0 Å². The van der Waals surface area contributed by atoms with Crippen LogP contribution in [-0.2, 0) is 9.53 Å². The molecule has 6 heteroatoms. The summed E-state index contributed by atoms with van der Waals surface area (Å²) < 4.78 is 11.2. The largest absolute Gasteiger partial charge is 0.492 e. The number of carbonyl (C=O) groups is 2. The number of pyridine rings is 1. The summed E-state index contributed by atoms with van der Waals surface area (Å²) in [6.45, 7) is 2.32. The molecule has 0 aliphatic carbocycles. The molecule has 0 aliphatic rings. The number of nitrogens with zero attached hydrogens (tertiary/aromatic N) is 1. The second kappa shape index (κ2) is 9.75. The Bertz CT molecular complexity index is 1240. The molecule has 0 saturated heterocycles. The van der Waals surface area contributed by atoms with Crippen LogP contribution in [0.5, 0.6) is 5.75 Å². The lowest BCUT2D eigenvalue weighted by Gasteiger charge is -2.19. The van der Waals surface area contributed by atoms with Gasteiger partial charge in [0.15, 0.2) is 0 Å². The Morgan fingerprint density at radius 3 is 2.41 bits per heavy atom. The van der Waals surface area contributed by atoms with E-state index in [1.807, 2.05) is 43.3 Å². The zero-order chi connectivity index (χ0) is 22.3. The van der Waals surface area contributed by atoms with Crippen molar-refractivity contribution in [3.63, 3.8) is 0 Å². The molecule has 0 radical (unpaired) electrons. The van der Waals surface area contributed by atoms with Gasteiger partial charge in [-0.15, -0.1) is 0 Å². The van der Waals surface area contributed by atoms with Gasteiger partial charge in [0.2, 0.25) is 6.10 Å². The summed E-state index contributed by atoms with van der Waals surface area (Å²) in [5, 5.41) is 3.73. The van der Waals surface area contributed by atoms with Crippen molar-refractivity contribution in [1.29, 1.82) is 0 Å². The summed E-state index contributed by atoms with van der Waals surface area (Å²) in [5.41, 5.74) is 1.86. The van der Waals surface area contributed by atoms with Gasteiger partial charge in [0.25, 0.3) is 5.91 Å².